The highest BCUT2D eigenvalue weighted by atomic mass is 79.9. The summed E-state index contributed by atoms with van der Waals surface area (Å²) in [5.74, 6) is 1.35. The molecule has 2 N–H and O–H groups in total. The fraction of sp³-hybridized carbons (Fsp3) is 0.211. The van der Waals surface area contributed by atoms with Gasteiger partial charge in [0, 0.05) is 40.1 Å². The van der Waals surface area contributed by atoms with E-state index >= 15 is 0 Å². The van der Waals surface area contributed by atoms with Gasteiger partial charge >= 0.3 is 0 Å². The van der Waals surface area contributed by atoms with Gasteiger partial charge in [-0.05, 0) is 36.6 Å². The Bertz CT molecular complexity index is 1040. The van der Waals surface area contributed by atoms with E-state index in [1.807, 2.05) is 30.3 Å². The van der Waals surface area contributed by atoms with E-state index in [4.69, 9.17) is 0 Å². The van der Waals surface area contributed by atoms with E-state index in [2.05, 4.69) is 38.4 Å². The maximum atomic E-state index is 12.5. The molecule has 1 saturated carbocycles. The lowest BCUT2D eigenvalue weighted by atomic mass is 10.2. The standard InChI is InChI=1S/C19H17BrN4O2/c1-11-7-15(11)16-9-17(23-22-16)21-19(26)12-5-6-18(25)24(10-12)14-4-2-3-13(20)8-14/h2-6,8-11,15H,7H2,1H3,(H2,21,22,23,26). The zero-order chi connectivity index (χ0) is 18.3. The van der Waals surface area contributed by atoms with Crippen LogP contribution in [-0.2, 0) is 0 Å². The van der Waals surface area contributed by atoms with Crippen LogP contribution in [0.25, 0.3) is 5.69 Å². The topological polar surface area (TPSA) is 79.8 Å². The number of amides is 1. The van der Waals surface area contributed by atoms with E-state index in [1.54, 1.807) is 0 Å². The van der Waals surface area contributed by atoms with Crippen molar-refractivity contribution >= 4 is 27.7 Å². The predicted octanol–water partition coefficient (Wildman–Crippen LogP) is 3.70. The van der Waals surface area contributed by atoms with Crippen LogP contribution in [0.5, 0.6) is 0 Å². The van der Waals surface area contributed by atoms with Crippen molar-refractivity contribution in [3.63, 3.8) is 0 Å². The number of aromatic nitrogens is 3. The van der Waals surface area contributed by atoms with Crippen LogP contribution in [0.2, 0.25) is 0 Å². The first-order valence-electron chi connectivity index (χ1n) is 8.36. The maximum absolute atomic E-state index is 12.5. The van der Waals surface area contributed by atoms with Crippen LogP contribution >= 0.6 is 15.9 Å². The molecule has 26 heavy (non-hydrogen) atoms. The molecule has 0 saturated heterocycles. The zero-order valence-electron chi connectivity index (χ0n) is 14.1. The van der Waals surface area contributed by atoms with Gasteiger partial charge in [-0.3, -0.25) is 19.3 Å². The van der Waals surface area contributed by atoms with Crippen molar-refractivity contribution in [3.8, 4) is 5.69 Å². The average Bonchev–Trinajstić information content (AvgIpc) is 3.17. The molecule has 0 spiro atoms. The highest BCUT2D eigenvalue weighted by Gasteiger charge is 2.35. The molecule has 2 aromatic heterocycles. The number of carbonyl (C=O) groups is 1. The van der Waals surface area contributed by atoms with Gasteiger partial charge in [0.25, 0.3) is 11.5 Å². The van der Waals surface area contributed by atoms with Crippen molar-refractivity contribution in [2.24, 2.45) is 5.92 Å². The first-order chi connectivity index (χ1) is 12.5. The van der Waals surface area contributed by atoms with E-state index in [0.29, 0.717) is 28.9 Å². The summed E-state index contributed by atoms with van der Waals surface area (Å²) in [6.45, 7) is 2.19. The molecule has 132 valence electrons. The van der Waals surface area contributed by atoms with Crippen molar-refractivity contribution < 1.29 is 4.79 Å². The summed E-state index contributed by atoms with van der Waals surface area (Å²) < 4.78 is 2.30. The summed E-state index contributed by atoms with van der Waals surface area (Å²) in [6.07, 6.45) is 2.68. The number of anilines is 1. The fourth-order valence-electron chi connectivity index (χ4n) is 2.98. The molecule has 6 nitrogen and oxygen atoms in total. The number of hydrogen-bond donors (Lipinski definition) is 2. The first-order valence-corrected chi connectivity index (χ1v) is 9.16. The Balaban J connectivity index is 1.57. The normalized spacial score (nSPS) is 18.5. The minimum absolute atomic E-state index is 0.204. The third-order valence-corrected chi connectivity index (χ3v) is 5.10. The van der Waals surface area contributed by atoms with Gasteiger partial charge < -0.3 is 5.32 Å². The first kappa shape index (κ1) is 16.8. The smallest absolute Gasteiger partial charge is 0.258 e. The number of aromatic amines is 1. The molecule has 7 heteroatoms. The lowest BCUT2D eigenvalue weighted by Gasteiger charge is -2.08. The van der Waals surface area contributed by atoms with Gasteiger partial charge in [0.05, 0.1) is 5.56 Å². The lowest BCUT2D eigenvalue weighted by Crippen LogP contribution is -2.20. The summed E-state index contributed by atoms with van der Waals surface area (Å²) in [7, 11) is 0. The molecule has 1 aliphatic carbocycles. The van der Waals surface area contributed by atoms with Crippen molar-refractivity contribution in [3.05, 3.63) is 74.7 Å². The number of H-pyrrole nitrogens is 1. The number of benzene rings is 1. The van der Waals surface area contributed by atoms with Gasteiger partial charge in [0.1, 0.15) is 0 Å². The predicted molar refractivity (Wildman–Crippen MR) is 103 cm³/mol. The van der Waals surface area contributed by atoms with E-state index in [-0.39, 0.29) is 11.5 Å². The Kier molecular flexibility index (Phi) is 4.24. The Labute approximate surface area is 158 Å². The summed E-state index contributed by atoms with van der Waals surface area (Å²) in [6, 6.07) is 12.1. The fourth-order valence-corrected chi connectivity index (χ4v) is 3.37. The van der Waals surface area contributed by atoms with Gasteiger partial charge in [0.2, 0.25) is 0 Å². The highest BCUT2D eigenvalue weighted by molar-refractivity contribution is 9.10. The van der Waals surface area contributed by atoms with Crippen LogP contribution in [0, 0.1) is 5.92 Å². The van der Waals surface area contributed by atoms with Gasteiger partial charge in [-0.25, -0.2) is 0 Å². The molecule has 3 aromatic rings. The third-order valence-electron chi connectivity index (χ3n) is 4.61. The molecule has 2 unspecified atom stereocenters. The summed E-state index contributed by atoms with van der Waals surface area (Å²) >= 11 is 3.39. The number of carbonyl (C=O) groups excluding carboxylic acids is 1. The minimum atomic E-state index is -0.310. The quantitative estimate of drug-likeness (QED) is 0.685. The largest absolute Gasteiger partial charge is 0.305 e. The van der Waals surface area contributed by atoms with Crippen molar-refractivity contribution in [2.45, 2.75) is 19.3 Å². The van der Waals surface area contributed by atoms with Crippen LogP contribution in [0.1, 0.15) is 35.3 Å². The number of halogens is 1. The van der Waals surface area contributed by atoms with Crippen molar-refractivity contribution in [1.29, 1.82) is 0 Å². The Morgan fingerprint density at radius 2 is 2.12 bits per heavy atom. The van der Waals surface area contributed by atoms with Crippen LogP contribution in [0.4, 0.5) is 5.82 Å². The van der Waals surface area contributed by atoms with Crippen LogP contribution in [-0.4, -0.2) is 20.7 Å². The van der Waals surface area contributed by atoms with Gasteiger partial charge in [-0.2, -0.15) is 5.10 Å². The van der Waals surface area contributed by atoms with E-state index in [0.717, 1.165) is 16.6 Å². The average molecular weight is 413 g/mol. The van der Waals surface area contributed by atoms with E-state index in [9.17, 15) is 9.59 Å². The number of rotatable bonds is 4. The van der Waals surface area contributed by atoms with E-state index in [1.165, 1.54) is 22.9 Å². The lowest BCUT2D eigenvalue weighted by molar-refractivity contribution is 0.102. The summed E-state index contributed by atoms with van der Waals surface area (Å²) in [5, 5.41) is 9.92. The minimum Gasteiger partial charge on any atom is -0.305 e. The molecule has 1 amide bonds. The maximum Gasteiger partial charge on any atom is 0.258 e. The molecule has 0 bridgehead atoms. The molecule has 2 atom stereocenters. The highest BCUT2D eigenvalue weighted by Crippen LogP contribution is 2.46. The van der Waals surface area contributed by atoms with Crippen LogP contribution < -0.4 is 10.9 Å². The number of pyridine rings is 1. The van der Waals surface area contributed by atoms with Crippen molar-refractivity contribution in [1.82, 2.24) is 14.8 Å². The second-order valence-electron chi connectivity index (χ2n) is 6.59. The van der Waals surface area contributed by atoms with Gasteiger partial charge in [-0.1, -0.05) is 28.9 Å². The summed E-state index contributed by atoms with van der Waals surface area (Å²) in [5.41, 5.74) is 1.91. The molecule has 1 fully saturated rings. The van der Waals surface area contributed by atoms with E-state index < -0.39 is 0 Å². The van der Waals surface area contributed by atoms with Crippen molar-refractivity contribution in [2.75, 3.05) is 5.32 Å². The SMILES string of the molecule is CC1CC1c1cc(NC(=O)c2ccc(=O)n(-c3cccc(Br)c3)c2)n[nH]1. The Morgan fingerprint density at radius 3 is 2.85 bits per heavy atom. The molecule has 1 aromatic carbocycles. The summed E-state index contributed by atoms with van der Waals surface area (Å²) in [4.78, 5) is 24.7. The molecule has 0 aliphatic heterocycles. The second-order valence-corrected chi connectivity index (χ2v) is 7.50. The molecular formula is C19H17BrN4O2. The Morgan fingerprint density at radius 1 is 1.31 bits per heavy atom. The zero-order valence-corrected chi connectivity index (χ0v) is 15.7. The second kappa shape index (κ2) is 6.57. The molecule has 4 rings (SSSR count). The Hall–Kier alpha value is -2.67. The molecule has 0 radical (unpaired) electrons. The monoisotopic (exact) mass is 412 g/mol. The number of hydrogen-bond acceptors (Lipinski definition) is 3. The molecule has 1 aliphatic rings. The number of nitrogens with one attached hydrogen (secondary N) is 2. The van der Waals surface area contributed by atoms with Crippen LogP contribution in [0.3, 0.4) is 0 Å². The van der Waals surface area contributed by atoms with Crippen LogP contribution in [0.15, 0.2) is 57.9 Å². The van der Waals surface area contributed by atoms with Gasteiger partial charge in [-0.15, -0.1) is 0 Å². The van der Waals surface area contributed by atoms with Gasteiger partial charge in [0.15, 0.2) is 5.82 Å². The molecular weight excluding hydrogens is 396 g/mol. The number of nitrogens with zero attached hydrogens (tertiary/aromatic N) is 2. The third kappa shape index (κ3) is 3.35. The molecule has 2 heterocycles.